The van der Waals surface area contributed by atoms with Crippen molar-refractivity contribution in [2.24, 2.45) is 0 Å². The summed E-state index contributed by atoms with van der Waals surface area (Å²) in [5, 5.41) is 0. The molecule has 4 nitrogen and oxygen atoms in total. The van der Waals surface area contributed by atoms with Gasteiger partial charge >= 0.3 is 99.8 Å². The molecule has 0 spiro atoms. The van der Waals surface area contributed by atoms with E-state index in [4.69, 9.17) is 14.7 Å². The van der Waals surface area contributed by atoms with Gasteiger partial charge in [0.25, 0.3) is 0 Å². The number of hydrogen-bond acceptors (Lipinski definition) is 4. The van der Waals surface area contributed by atoms with E-state index in [0.717, 1.165) is 24.0 Å². The van der Waals surface area contributed by atoms with Crippen molar-refractivity contribution in [3.8, 4) is 0 Å². The van der Waals surface area contributed by atoms with Crippen LogP contribution in [0.15, 0.2) is 0 Å². The zero-order valence-corrected chi connectivity index (χ0v) is 12.3. The molecule has 0 aromatic rings. The maximum absolute atomic E-state index is 5.87. The SMILES string of the molecule is C[CH2][Ti]([O]C)([O]C)([O]C)[CH]1CCC2OC2C1. The first-order valence-electron chi connectivity index (χ1n) is 6.12. The van der Waals surface area contributed by atoms with Crippen LogP contribution >= 0.6 is 0 Å². The van der Waals surface area contributed by atoms with E-state index in [-0.39, 0.29) is 0 Å². The van der Waals surface area contributed by atoms with Crippen LogP contribution in [-0.2, 0) is 31.2 Å². The van der Waals surface area contributed by atoms with Gasteiger partial charge in [0.1, 0.15) is 0 Å². The average molecular weight is 267 g/mol. The Labute approximate surface area is 99.9 Å². The first kappa shape index (κ1) is 13.0. The van der Waals surface area contributed by atoms with E-state index in [0.29, 0.717) is 16.4 Å². The molecular formula is C11H23O4Ti. The summed E-state index contributed by atoms with van der Waals surface area (Å²) in [6.07, 6.45) is 4.24. The molecule has 2 aliphatic rings. The topological polar surface area (TPSA) is 40.2 Å². The van der Waals surface area contributed by atoms with E-state index >= 15 is 0 Å². The van der Waals surface area contributed by atoms with Crippen LogP contribution in [0.1, 0.15) is 26.2 Å². The monoisotopic (exact) mass is 267 g/mol. The fraction of sp³-hybridized carbons (Fsp3) is 1.00. The zero-order chi connectivity index (χ0) is 11.8. The van der Waals surface area contributed by atoms with Crippen LogP contribution in [-0.4, -0.2) is 33.5 Å². The third-order valence-corrected chi connectivity index (χ3v) is 14.0. The molecule has 2 rings (SSSR count). The molecule has 0 aromatic carbocycles. The number of fused-ring (bicyclic) bond motifs is 1. The predicted octanol–water partition coefficient (Wildman–Crippen LogP) is 2.54. The summed E-state index contributed by atoms with van der Waals surface area (Å²) in [6, 6.07) is 0. The Hall–Kier alpha value is 0.554. The van der Waals surface area contributed by atoms with Crippen molar-refractivity contribution < 1.29 is 31.2 Å². The van der Waals surface area contributed by atoms with Gasteiger partial charge in [-0.05, 0) is 0 Å². The summed E-state index contributed by atoms with van der Waals surface area (Å²) >= 11 is -3.68. The predicted molar refractivity (Wildman–Crippen MR) is 57.8 cm³/mol. The third-order valence-electron chi connectivity index (χ3n) is 4.72. The molecule has 0 N–H and O–H groups in total. The quantitative estimate of drug-likeness (QED) is 0.567. The van der Waals surface area contributed by atoms with Crippen molar-refractivity contribution >= 4 is 0 Å². The van der Waals surface area contributed by atoms with Gasteiger partial charge in [0.15, 0.2) is 0 Å². The molecule has 2 fully saturated rings. The Morgan fingerprint density at radius 3 is 2.12 bits per heavy atom. The fourth-order valence-electron chi connectivity index (χ4n) is 3.38. The second-order valence-corrected chi connectivity index (χ2v) is 13.1. The summed E-state index contributed by atoms with van der Waals surface area (Å²) < 4.78 is 24.5. The molecular weight excluding hydrogens is 244 g/mol. The Kier molecular flexibility index (Phi) is 3.53. The molecule has 1 heterocycles. The van der Waals surface area contributed by atoms with Gasteiger partial charge < -0.3 is 0 Å². The molecule has 1 aliphatic carbocycles. The fourth-order valence-corrected chi connectivity index (χ4v) is 10.2. The van der Waals surface area contributed by atoms with Gasteiger partial charge in [-0.2, -0.15) is 0 Å². The molecule has 16 heavy (non-hydrogen) atoms. The maximum atomic E-state index is 5.87. The molecule has 3 unspecified atom stereocenters. The summed E-state index contributed by atoms with van der Waals surface area (Å²) in [4.78, 5) is 0. The number of rotatable bonds is 5. The minimum absolute atomic E-state index is 0.422. The molecule has 5 heteroatoms. The Morgan fingerprint density at radius 2 is 1.69 bits per heavy atom. The second-order valence-electron chi connectivity index (χ2n) is 4.93. The van der Waals surface area contributed by atoms with Crippen LogP contribution in [0.3, 0.4) is 0 Å². The van der Waals surface area contributed by atoms with Crippen LogP contribution in [0.4, 0.5) is 0 Å². The van der Waals surface area contributed by atoms with Crippen molar-refractivity contribution in [3.05, 3.63) is 0 Å². The molecule has 1 saturated heterocycles. The van der Waals surface area contributed by atoms with Crippen molar-refractivity contribution in [1.29, 1.82) is 0 Å². The van der Waals surface area contributed by atoms with Gasteiger partial charge in [-0.25, -0.2) is 0 Å². The van der Waals surface area contributed by atoms with Crippen LogP contribution in [0.25, 0.3) is 0 Å². The van der Waals surface area contributed by atoms with Crippen molar-refractivity contribution in [1.82, 2.24) is 0 Å². The van der Waals surface area contributed by atoms with Gasteiger partial charge in [-0.1, -0.05) is 0 Å². The van der Waals surface area contributed by atoms with E-state index in [1.54, 1.807) is 21.3 Å². The first-order chi connectivity index (χ1) is 7.63. The minimum atomic E-state index is -3.68. The van der Waals surface area contributed by atoms with Crippen molar-refractivity contribution in [2.75, 3.05) is 21.3 Å². The standard InChI is InChI=1S/C6H9O.C2H5.3CH3O.Ti/c1-2-4-6-5(3-1)7-6;4*1-2;/h1,5-6H,2-4H2;1H2,2H3;3*1H3;/q;;3*-1;+3. The molecule has 0 amide bonds. The van der Waals surface area contributed by atoms with Crippen LogP contribution in [0, 0.1) is 0 Å². The zero-order valence-electron chi connectivity index (χ0n) is 10.7. The first-order valence-corrected chi connectivity index (χ1v) is 10.0. The van der Waals surface area contributed by atoms with E-state index in [1.807, 2.05) is 0 Å². The molecule has 1 aliphatic heterocycles. The summed E-state index contributed by atoms with van der Waals surface area (Å²) in [5.74, 6) is 0. The third kappa shape index (κ3) is 1.71. The van der Waals surface area contributed by atoms with E-state index in [2.05, 4.69) is 6.92 Å². The van der Waals surface area contributed by atoms with Crippen LogP contribution in [0.2, 0.25) is 8.95 Å². The van der Waals surface area contributed by atoms with E-state index < -0.39 is 16.5 Å². The van der Waals surface area contributed by atoms with Crippen molar-refractivity contribution in [2.45, 2.75) is 47.3 Å². The van der Waals surface area contributed by atoms with Gasteiger partial charge in [-0.15, -0.1) is 0 Å². The molecule has 95 valence electrons. The molecule has 0 radical (unpaired) electrons. The molecule has 0 bridgehead atoms. The van der Waals surface area contributed by atoms with E-state index in [9.17, 15) is 0 Å². The number of epoxide rings is 1. The van der Waals surface area contributed by atoms with Crippen LogP contribution in [0.5, 0.6) is 0 Å². The van der Waals surface area contributed by atoms with Crippen LogP contribution < -0.4 is 0 Å². The normalized spacial score (nSPS) is 36.2. The Bertz CT molecular complexity index is 243. The van der Waals surface area contributed by atoms with E-state index in [1.165, 1.54) is 0 Å². The Balaban J connectivity index is 2.22. The summed E-state index contributed by atoms with van der Waals surface area (Å²) in [6.45, 7) is 2.12. The summed E-state index contributed by atoms with van der Waals surface area (Å²) in [5.41, 5.74) is 0. The second kappa shape index (κ2) is 4.34. The molecule has 0 aromatic heterocycles. The summed E-state index contributed by atoms with van der Waals surface area (Å²) in [7, 11) is 5.23. The average Bonchev–Trinajstić information content (AvgIpc) is 3.12. The van der Waals surface area contributed by atoms with Gasteiger partial charge in [-0.3, -0.25) is 0 Å². The van der Waals surface area contributed by atoms with Gasteiger partial charge in [0.2, 0.25) is 0 Å². The molecule has 3 atom stereocenters. The molecule has 1 saturated carbocycles. The Morgan fingerprint density at radius 1 is 1.06 bits per heavy atom. The number of ether oxygens (including phenoxy) is 1. The number of hydrogen-bond donors (Lipinski definition) is 0. The van der Waals surface area contributed by atoms with Gasteiger partial charge in [0.05, 0.1) is 0 Å². The van der Waals surface area contributed by atoms with Crippen molar-refractivity contribution in [3.63, 3.8) is 0 Å². The van der Waals surface area contributed by atoms with Gasteiger partial charge in [0, 0.05) is 0 Å².